The van der Waals surface area contributed by atoms with Crippen LogP contribution in [0.5, 0.6) is 5.75 Å². The van der Waals surface area contributed by atoms with E-state index >= 15 is 0 Å². The molecule has 4 aromatic rings. The van der Waals surface area contributed by atoms with E-state index < -0.39 is 0 Å². The SMILES string of the molecule is COCCCn1cc(Nc2nc3ccc(OC)cc3c3cn[nH]c23)cn1. The first-order valence-corrected chi connectivity index (χ1v) is 8.37. The highest BCUT2D eigenvalue weighted by Gasteiger charge is 2.12. The highest BCUT2D eigenvalue weighted by molar-refractivity contribution is 6.09. The van der Waals surface area contributed by atoms with Crippen LogP contribution < -0.4 is 10.1 Å². The minimum absolute atomic E-state index is 0.714. The number of methoxy groups -OCH3 is 2. The number of ether oxygens (including phenoxy) is 2. The molecule has 0 atom stereocenters. The molecule has 0 amide bonds. The fraction of sp³-hybridized carbons (Fsp3) is 0.278. The van der Waals surface area contributed by atoms with Crippen molar-refractivity contribution in [2.45, 2.75) is 13.0 Å². The summed E-state index contributed by atoms with van der Waals surface area (Å²) in [5.74, 6) is 1.51. The third-order valence-electron chi connectivity index (χ3n) is 4.23. The molecule has 1 aromatic carbocycles. The van der Waals surface area contributed by atoms with E-state index in [-0.39, 0.29) is 0 Å². The lowest BCUT2D eigenvalue weighted by Crippen LogP contribution is -2.01. The van der Waals surface area contributed by atoms with Gasteiger partial charge in [-0.3, -0.25) is 9.78 Å². The van der Waals surface area contributed by atoms with E-state index in [0.29, 0.717) is 12.4 Å². The number of aromatic nitrogens is 5. The summed E-state index contributed by atoms with van der Waals surface area (Å²) in [5, 5.41) is 16.9. The maximum Gasteiger partial charge on any atom is 0.157 e. The molecule has 0 fully saturated rings. The largest absolute Gasteiger partial charge is 0.497 e. The molecule has 8 heteroatoms. The first-order valence-electron chi connectivity index (χ1n) is 8.37. The Hall–Kier alpha value is -3.13. The fourth-order valence-corrected chi connectivity index (χ4v) is 2.95. The van der Waals surface area contributed by atoms with E-state index in [1.165, 1.54) is 0 Å². The number of nitrogens with one attached hydrogen (secondary N) is 2. The summed E-state index contributed by atoms with van der Waals surface area (Å²) in [5.41, 5.74) is 2.59. The maximum absolute atomic E-state index is 5.32. The quantitative estimate of drug-likeness (QED) is 0.497. The van der Waals surface area contributed by atoms with Crippen molar-refractivity contribution in [2.75, 3.05) is 26.1 Å². The van der Waals surface area contributed by atoms with Gasteiger partial charge >= 0.3 is 0 Å². The van der Waals surface area contributed by atoms with Gasteiger partial charge in [0.25, 0.3) is 0 Å². The van der Waals surface area contributed by atoms with Crippen LogP contribution in [-0.4, -0.2) is 45.8 Å². The van der Waals surface area contributed by atoms with Gasteiger partial charge in [-0.2, -0.15) is 10.2 Å². The lowest BCUT2D eigenvalue weighted by molar-refractivity contribution is 0.189. The summed E-state index contributed by atoms with van der Waals surface area (Å²) >= 11 is 0. The first-order chi connectivity index (χ1) is 12.8. The smallest absolute Gasteiger partial charge is 0.157 e. The van der Waals surface area contributed by atoms with Crippen LogP contribution in [0.25, 0.3) is 21.8 Å². The molecule has 26 heavy (non-hydrogen) atoms. The van der Waals surface area contributed by atoms with Gasteiger partial charge in [-0.15, -0.1) is 0 Å². The Balaban J connectivity index is 1.67. The van der Waals surface area contributed by atoms with Crippen LogP contribution in [-0.2, 0) is 11.3 Å². The molecule has 0 unspecified atom stereocenters. The Morgan fingerprint density at radius 3 is 2.96 bits per heavy atom. The number of hydrogen-bond acceptors (Lipinski definition) is 6. The highest BCUT2D eigenvalue weighted by atomic mass is 16.5. The van der Waals surface area contributed by atoms with Crippen LogP contribution in [0.3, 0.4) is 0 Å². The van der Waals surface area contributed by atoms with Crippen molar-refractivity contribution in [3.05, 3.63) is 36.8 Å². The Morgan fingerprint density at radius 1 is 1.19 bits per heavy atom. The normalized spacial score (nSPS) is 11.3. The topological polar surface area (TPSA) is 89.9 Å². The zero-order valence-electron chi connectivity index (χ0n) is 14.7. The molecule has 0 saturated heterocycles. The van der Waals surface area contributed by atoms with Gasteiger partial charge in [-0.05, 0) is 24.6 Å². The van der Waals surface area contributed by atoms with Gasteiger partial charge in [-0.1, -0.05) is 0 Å². The summed E-state index contributed by atoms with van der Waals surface area (Å²) in [7, 11) is 3.36. The Morgan fingerprint density at radius 2 is 2.12 bits per heavy atom. The van der Waals surface area contributed by atoms with Gasteiger partial charge in [-0.25, -0.2) is 4.98 Å². The van der Waals surface area contributed by atoms with E-state index in [4.69, 9.17) is 14.5 Å². The number of pyridine rings is 1. The minimum Gasteiger partial charge on any atom is -0.497 e. The number of rotatable bonds is 7. The van der Waals surface area contributed by atoms with Crippen LogP contribution in [0.4, 0.5) is 11.5 Å². The number of benzene rings is 1. The van der Waals surface area contributed by atoms with E-state index in [9.17, 15) is 0 Å². The lowest BCUT2D eigenvalue weighted by atomic mass is 10.1. The number of nitrogens with zero attached hydrogens (tertiary/aromatic N) is 4. The zero-order valence-corrected chi connectivity index (χ0v) is 14.7. The van der Waals surface area contributed by atoms with Gasteiger partial charge in [0.05, 0.1) is 30.7 Å². The summed E-state index contributed by atoms with van der Waals surface area (Å²) in [6, 6.07) is 5.82. The van der Waals surface area contributed by atoms with Gasteiger partial charge in [0, 0.05) is 37.2 Å². The van der Waals surface area contributed by atoms with E-state index in [1.807, 2.05) is 29.1 Å². The Kier molecular flexibility index (Phi) is 4.40. The minimum atomic E-state index is 0.714. The number of aryl methyl sites for hydroxylation is 1. The second-order valence-electron chi connectivity index (χ2n) is 5.97. The lowest BCUT2D eigenvalue weighted by Gasteiger charge is -2.08. The molecule has 8 nitrogen and oxygen atoms in total. The van der Waals surface area contributed by atoms with E-state index in [0.717, 1.165) is 46.2 Å². The van der Waals surface area contributed by atoms with Crippen molar-refractivity contribution in [3.8, 4) is 5.75 Å². The number of H-pyrrole nitrogens is 1. The van der Waals surface area contributed by atoms with Gasteiger partial charge in [0.2, 0.25) is 0 Å². The predicted molar refractivity (Wildman–Crippen MR) is 99.9 cm³/mol. The standard InChI is InChI=1S/C18H20N6O2/c1-25-7-3-6-24-11-12(9-20-24)21-18-17-15(10-19-23-17)14-8-13(26-2)4-5-16(14)22-18/h4-5,8-11H,3,6-7H2,1-2H3,(H,19,23)(H,21,22). The average molecular weight is 352 g/mol. The molecule has 4 rings (SSSR count). The second-order valence-corrected chi connectivity index (χ2v) is 5.97. The zero-order chi connectivity index (χ0) is 17.9. The van der Waals surface area contributed by atoms with Gasteiger partial charge in [0.15, 0.2) is 5.82 Å². The number of hydrogen-bond donors (Lipinski definition) is 2. The second kappa shape index (κ2) is 7.01. The maximum atomic E-state index is 5.32. The molecule has 0 radical (unpaired) electrons. The monoisotopic (exact) mass is 352 g/mol. The molecular formula is C18H20N6O2. The molecule has 0 saturated carbocycles. The van der Waals surface area contributed by atoms with Crippen molar-refractivity contribution >= 4 is 33.3 Å². The van der Waals surface area contributed by atoms with Crippen molar-refractivity contribution < 1.29 is 9.47 Å². The summed E-state index contributed by atoms with van der Waals surface area (Å²) in [6.45, 7) is 1.52. The van der Waals surface area contributed by atoms with Crippen LogP contribution in [0, 0.1) is 0 Å². The van der Waals surface area contributed by atoms with Crippen LogP contribution in [0.15, 0.2) is 36.8 Å². The Labute approximate surface area is 150 Å². The average Bonchev–Trinajstić information content (AvgIpc) is 3.31. The number of anilines is 2. The van der Waals surface area contributed by atoms with Gasteiger partial charge in [0.1, 0.15) is 11.3 Å². The molecule has 0 aliphatic rings. The molecule has 0 bridgehead atoms. The molecular weight excluding hydrogens is 332 g/mol. The molecule has 0 aliphatic heterocycles. The number of aromatic amines is 1. The molecule has 2 N–H and O–H groups in total. The number of fused-ring (bicyclic) bond motifs is 3. The summed E-state index contributed by atoms with van der Waals surface area (Å²) in [6.07, 6.45) is 6.46. The third-order valence-corrected chi connectivity index (χ3v) is 4.23. The van der Waals surface area contributed by atoms with Crippen LogP contribution in [0.2, 0.25) is 0 Å². The Bertz CT molecular complexity index is 1040. The summed E-state index contributed by atoms with van der Waals surface area (Å²) < 4.78 is 12.3. The highest BCUT2D eigenvalue weighted by Crippen LogP contribution is 2.31. The predicted octanol–water partition coefficient (Wildman–Crippen LogP) is 3.10. The molecule has 0 spiro atoms. The molecule has 134 valence electrons. The van der Waals surface area contributed by atoms with E-state index in [2.05, 4.69) is 20.6 Å². The summed E-state index contributed by atoms with van der Waals surface area (Å²) in [4.78, 5) is 4.74. The van der Waals surface area contributed by atoms with Crippen molar-refractivity contribution in [1.29, 1.82) is 0 Å². The van der Waals surface area contributed by atoms with Crippen LogP contribution in [0.1, 0.15) is 6.42 Å². The molecule has 3 heterocycles. The van der Waals surface area contributed by atoms with Gasteiger partial charge < -0.3 is 14.8 Å². The third kappa shape index (κ3) is 3.06. The fourth-order valence-electron chi connectivity index (χ4n) is 2.95. The van der Waals surface area contributed by atoms with Crippen molar-refractivity contribution in [2.24, 2.45) is 0 Å². The van der Waals surface area contributed by atoms with Crippen LogP contribution >= 0.6 is 0 Å². The van der Waals surface area contributed by atoms with Crippen molar-refractivity contribution in [1.82, 2.24) is 25.0 Å². The van der Waals surface area contributed by atoms with E-state index in [1.54, 1.807) is 26.6 Å². The first kappa shape index (κ1) is 16.3. The molecule has 0 aliphatic carbocycles. The van der Waals surface area contributed by atoms with Crippen molar-refractivity contribution in [3.63, 3.8) is 0 Å². The molecule has 3 aromatic heterocycles.